The number of amides is 1. The SMILES string of the molecule is Cc1cc(C)nc(C(=O)NCCc2csc(-c3ccccc3)n2)c1. The van der Waals surface area contributed by atoms with Crippen molar-refractivity contribution in [3.8, 4) is 10.6 Å². The Kier molecular flexibility index (Phi) is 5.01. The number of hydrogen-bond donors (Lipinski definition) is 1. The summed E-state index contributed by atoms with van der Waals surface area (Å²) in [6.45, 7) is 4.40. The highest BCUT2D eigenvalue weighted by molar-refractivity contribution is 7.13. The fourth-order valence-corrected chi connectivity index (χ4v) is 3.35. The molecule has 24 heavy (non-hydrogen) atoms. The molecule has 1 amide bonds. The van der Waals surface area contributed by atoms with Crippen LogP contribution in [0.15, 0.2) is 47.8 Å². The molecule has 5 heteroatoms. The van der Waals surface area contributed by atoms with Gasteiger partial charge in [-0.2, -0.15) is 0 Å². The summed E-state index contributed by atoms with van der Waals surface area (Å²) in [5.41, 5.74) is 4.48. The van der Waals surface area contributed by atoms with E-state index in [9.17, 15) is 4.79 Å². The first-order chi connectivity index (χ1) is 11.6. The molecule has 2 heterocycles. The number of pyridine rings is 1. The highest BCUT2D eigenvalue weighted by atomic mass is 32.1. The van der Waals surface area contributed by atoms with E-state index in [1.165, 1.54) is 0 Å². The molecular weight excluding hydrogens is 318 g/mol. The maximum Gasteiger partial charge on any atom is 0.269 e. The maximum atomic E-state index is 12.2. The molecule has 0 aliphatic carbocycles. The van der Waals surface area contributed by atoms with Gasteiger partial charge in [-0.1, -0.05) is 30.3 Å². The number of thiazole rings is 1. The molecule has 3 rings (SSSR count). The predicted octanol–water partition coefficient (Wildman–Crippen LogP) is 3.79. The molecule has 4 nitrogen and oxygen atoms in total. The zero-order valence-corrected chi connectivity index (χ0v) is 14.6. The zero-order chi connectivity index (χ0) is 16.9. The van der Waals surface area contributed by atoms with Gasteiger partial charge >= 0.3 is 0 Å². The van der Waals surface area contributed by atoms with Crippen molar-refractivity contribution < 1.29 is 4.79 Å². The van der Waals surface area contributed by atoms with Crippen LogP contribution < -0.4 is 5.32 Å². The molecule has 3 aromatic rings. The largest absolute Gasteiger partial charge is 0.350 e. The normalized spacial score (nSPS) is 10.6. The number of hydrogen-bond acceptors (Lipinski definition) is 4. The van der Waals surface area contributed by atoms with Crippen molar-refractivity contribution in [2.75, 3.05) is 6.54 Å². The molecule has 0 saturated carbocycles. The Morgan fingerprint density at radius 2 is 1.92 bits per heavy atom. The van der Waals surface area contributed by atoms with Crippen LogP contribution in [-0.4, -0.2) is 22.4 Å². The van der Waals surface area contributed by atoms with Gasteiger partial charge in [0, 0.05) is 29.6 Å². The van der Waals surface area contributed by atoms with Gasteiger partial charge in [-0.15, -0.1) is 11.3 Å². The number of aromatic nitrogens is 2. The number of benzene rings is 1. The second-order valence-electron chi connectivity index (χ2n) is 5.69. The lowest BCUT2D eigenvalue weighted by Gasteiger charge is -2.05. The zero-order valence-electron chi connectivity index (χ0n) is 13.7. The van der Waals surface area contributed by atoms with E-state index in [1.54, 1.807) is 17.4 Å². The summed E-state index contributed by atoms with van der Waals surface area (Å²) in [7, 11) is 0. The van der Waals surface area contributed by atoms with Crippen LogP contribution >= 0.6 is 11.3 Å². The summed E-state index contributed by atoms with van der Waals surface area (Å²) < 4.78 is 0. The lowest BCUT2D eigenvalue weighted by molar-refractivity contribution is 0.0949. The van der Waals surface area contributed by atoms with Gasteiger partial charge in [0.1, 0.15) is 10.7 Å². The van der Waals surface area contributed by atoms with Crippen molar-refractivity contribution in [3.63, 3.8) is 0 Å². The van der Waals surface area contributed by atoms with E-state index in [0.717, 1.165) is 27.5 Å². The Bertz CT molecular complexity index is 823. The Balaban J connectivity index is 1.57. The Labute approximate surface area is 145 Å². The standard InChI is InChI=1S/C19H19N3OS/c1-13-10-14(2)21-17(11-13)18(23)20-9-8-16-12-24-19(22-16)15-6-4-3-5-7-15/h3-7,10-12H,8-9H2,1-2H3,(H,20,23). The summed E-state index contributed by atoms with van der Waals surface area (Å²) >= 11 is 1.63. The van der Waals surface area contributed by atoms with Crippen LogP contribution in [0.25, 0.3) is 10.6 Å². The molecular formula is C19H19N3OS. The van der Waals surface area contributed by atoms with Crippen LogP contribution in [-0.2, 0) is 6.42 Å². The van der Waals surface area contributed by atoms with Gasteiger partial charge in [-0.25, -0.2) is 9.97 Å². The van der Waals surface area contributed by atoms with Crippen LogP contribution in [0.4, 0.5) is 0 Å². The van der Waals surface area contributed by atoms with Gasteiger partial charge in [0.15, 0.2) is 0 Å². The van der Waals surface area contributed by atoms with Gasteiger partial charge in [0.25, 0.3) is 5.91 Å². The fourth-order valence-electron chi connectivity index (χ4n) is 2.49. The molecule has 0 radical (unpaired) electrons. The molecule has 2 aromatic heterocycles. The number of nitrogens with zero attached hydrogens (tertiary/aromatic N) is 2. The lowest BCUT2D eigenvalue weighted by Crippen LogP contribution is -2.26. The molecule has 0 spiro atoms. The minimum absolute atomic E-state index is 0.139. The minimum atomic E-state index is -0.139. The van der Waals surface area contributed by atoms with E-state index in [2.05, 4.69) is 27.4 Å². The van der Waals surface area contributed by atoms with Crippen molar-refractivity contribution in [3.05, 3.63) is 70.5 Å². The van der Waals surface area contributed by atoms with Crippen LogP contribution in [0, 0.1) is 13.8 Å². The number of nitrogens with one attached hydrogen (secondary N) is 1. The average Bonchev–Trinajstić information content (AvgIpc) is 3.03. The third kappa shape index (κ3) is 4.06. The third-order valence-corrected chi connectivity index (χ3v) is 4.51. The Morgan fingerprint density at radius 1 is 1.12 bits per heavy atom. The molecule has 0 fully saturated rings. The second-order valence-corrected chi connectivity index (χ2v) is 6.55. The highest BCUT2D eigenvalue weighted by Crippen LogP contribution is 2.23. The first-order valence-electron chi connectivity index (χ1n) is 7.85. The quantitative estimate of drug-likeness (QED) is 0.770. The molecule has 0 bridgehead atoms. The monoisotopic (exact) mass is 337 g/mol. The van der Waals surface area contributed by atoms with Gasteiger partial charge in [0.2, 0.25) is 0 Å². The van der Waals surface area contributed by atoms with E-state index in [-0.39, 0.29) is 5.91 Å². The molecule has 1 N–H and O–H groups in total. The number of carbonyl (C=O) groups is 1. The average molecular weight is 337 g/mol. The van der Waals surface area contributed by atoms with E-state index in [0.29, 0.717) is 18.7 Å². The van der Waals surface area contributed by atoms with E-state index in [1.807, 2.05) is 43.5 Å². The second kappa shape index (κ2) is 7.36. The van der Waals surface area contributed by atoms with Crippen LogP contribution in [0.2, 0.25) is 0 Å². The topological polar surface area (TPSA) is 54.9 Å². The number of rotatable bonds is 5. The van der Waals surface area contributed by atoms with Crippen LogP contribution in [0.5, 0.6) is 0 Å². The summed E-state index contributed by atoms with van der Waals surface area (Å²) in [6.07, 6.45) is 0.708. The summed E-state index contributed by atoms with van der Waals surface area (Å²) in [5, 5.41) is 5.97. The van der Waals surface area contributed by atoms with E-state index >= 15 is 0 Å². The fraction of sp³-hybridized carbons (Fsp3) is 0.211. The molecule has 122 valence electrons. The number of carbonyl (C=O) groups excluding carboxylic acids is 1. The predicted molar refractivity (Wildman–Crippen MR) is 97.3 cm³/mol. The van der Waals surface area contributed by atoms with Gasteiger partial charge in [0.05, 0.1) is 5.69 Å². The molecule has 0 saturated heterocycles. The summed E-state index contributed by atoms with van der Waals surface area (Å²) in [6, 6.07) is 13.9. The van der Waals surface area contributed by atoms with Gasteiger partial charge in [-0.05, 0) is 31.5 Å². The molecule has 0 aliphatic heterocycles. The third-order valence-electron chi connectivity index (χ3n) is 3.57. The molecule has 0 aliphatic rings. The summed E-state index contributed by atoms with van der Waals surface area (Å²) in [4.78, 5) is 21.1. The highest BCUT2D eigenvalue weighted by Gasteiger charge is 2.09. The number of aryl methyl sites for hydroxylation is 2. The first kappa shape index (κ1) is 16.3. The smallest absolute Gasteiger partial charge is 0.269 e. The van der Waals surface area contributed by atoms with Crippen LogP contribution in [0.1, 0.15) is 27.4 Å². The van der Waals surface area contributed by atoms with E-state index < -0.39 is 0 Å². The van der Waals surface area contributed by atoms with Gasteiger partial charge in [-0.3, -0.25) is 4.79 Å². The van der Waals surface area contributed by atoms with Crippen molar-refractivity contribution in [1.82, 2.24) is 15.3 Å². The summed E-state index contributed by atoms with van der Waals surface area (Å²) in [5.74, 6) is -0.139. The van der Waals surface area contributed by atoms with Crippen LogP contribution in [0.3, 0.4) is 0 Å². The van der Waals surface area contributed by atoms with Crippen molar-refractivity contribution in [2.24, 2.45) is 0 Å². The first-order valence-corrected chi connectivity index (χ1v) is 8.73. The van der Waals surface area contributed by atoms with Crippen molar-refractivity contribution in [2.45, 2.75) is 20.3 Å². The molecule has 0 unspecified atom stereocenters. The van der Waals surface area contributed by atoms with E-state index in [4.69, 9.17) is 0 Å². The lowest BCUT2D eigenvalue weighted by atomic mass is 10.2. The van der Waals surface area contributed by atoms with Gasteiger partial charge < -0.3 is 5.32 Å². The Morgan fingerprint density at radius 3 is 2.67 bits per heavy atom. The van der Waals surface area contributed by atoms with Crippen molar-refractivity contribution in [1.29, 1.82) is 0 Å². The Hall–Kier alpha value is -2.53. The molecule has 1 aromatic carbocycles. The minimum Gasteiger partial charge on any atom is -0.350 e. The van der Waals surface area contributed by atoms with Crippen molar-refractivity contribution >= 4 is 17.2 Å². The maximum absolute atomic E-state index is 12.2. The molecule has 0 atom stereocenters.